The summed E-state index contributed by atoms with van der Waals surface area (Å²) in [5.74, 6) is 0.111. The number of fused-ring (bicyclic) bond motifs is 1. The number of ether oxygens (including phenoxy) is 1. The van der Waals surface area contributed by atoms with Crippen LogP contribution in [0.1, 0.15) is 17.3 Å². The summed E-state index contributed by atoms with van der Waals surface area (Å²) in [5.41, 5.74) is 4.22. The van der Waals surface area contributed by atoms with E-state index < -0.39 is 0 Å². The third-order valence-corrected chi connectivity index (χ3v) is 4.57. The zero-order valence-corrected chi connectivity index (χ0v) is 16.5. The molecule has 0 aliphatic rings. The number of anilines is 2. The summed E-state index contributed by atoms with van der Waals surface area (Å²) in [7, 11) is 1.53. The lowest BCUT2D eigenvalue weighted by Gasteiger charge is -2.08. The van der Waals surface area contributed by atoms with E-state index in [0.29, 0.717) is 22.6 Å². The van der Waals surface area contributed by atoms with Crippen molar-refractivity contribution in [1.82, 2.24) is 9.97 Å². The Morgan fingerprint density at radius 2 is 1.80 bits per heavy atom. The molecular weight excluding hydrogens is 380 g/mol. The molecule has 7 nitrogen and oxygen atoms in total. The first kappa shape index (κ1) is 19.2. The van der Waals surface area contributed by atoms with Crippen LogP contribution in [0.2, 0.25) is 0 Å². The summed E-state index contributed by atoms with van der Waals surface area (Å²) in [6, 6.07) is 18.4. The van der Waals surface area contributed by atoms with Crippen molar-refractivity contribution < 1.29 is 14.3 Å². The maximum atomic E-state index is 12.6. The van der Waals surface area contributed by atoms with E-state index in [4.69, 9.17) is 4.74 Å². The highest BCUT2D eigenvalue weighted by molar-refractivity contribution is 6.06. The molecule has 30 heavy (non-hydrogen) atoms. The maximum Gasteiger partial charge on any atom is 0.259 e. The van der Waals surface area contributed by atoms with E-state index in [-0.39, 0.29) is 11.8 Å². The Kier molecular flexibility index (Phi) is 5.17. The molecule has 0 atom stereocenters. The van der Waals surface area contributed by atoms with Crippen LogP contribution in [0.25, 0.3) is 22.3 Å². The van der Waals surface area contributed by atoms with Gasteiger partial charge in [0.15, 0.2) is 0 Å². The van der Waals surface area contributed by atoms with Crippen molar-refractivity contribution in [2.45, 2.75) is 6.92 Å². The quantitative estimate of drug-likeness (QED) is 0.461. The number of carbonyl (C=O) groups is 2. The number of aromatic nitrogens is 2. The molecule has 150 valence electrons. The van der Waals surface area contributed by atoms with Crippen LogP contribution in [0.4, 0.5) is 11.4 Å². The predicted octanol–water partition coefficient (Wildman–Crippen LogP) is 4.45. The molecule has 4 aromatic rings. The molecule has 2 aromatic heterocycles. The van der Waals surface area contributed by atoms with E-state index in [9.17, 15) is 9.59 Å². The van der Waals surface area contributed by atoms with Crippen LogP contribution in [-0.2, 0) is 4.79 Å². The van der Waals surface area contributed by atoms with Gasteiger partial charge in [0.05, 0.1) is 24.6 Å². The smallest absolute Gasteiger partial charge is 0.259 e. The number of carbonyl (C=O) groups excluding carboxylic acids is 2. The Balaban J connectivity index is 1.60. The van der Waals surface area contributed by atoms with Crippen molar-refractivity contribution in [3.63, 3.8) is 0 Å². The van der Waals surface area contributed by atoms with Crippen molar-refractivity contribution in [2.24, 2.45) is 0 Å². The van der Waals surface area contributed by atoms with E-state index in [0.717, 1.165) is 22.3 Å². The molecule has 0 unspecified atom stereocenters. The van der Waals surface area contributed by atoms with Crippen molar-refractivity contribution in [3.05, 3.63) is 72.4 Å². The van der Waals surface area contributed by atoms with Gasteiger partial charge in [-0.1, -0.05) is 24.3 Å². The van der Waals surface area contributed by atoms with Crippen molar-refractivity contribution in [1.29, 1.82) is 0 Å². The molecule has 0 aliphatic heterocycles. The number of amides is 2. The Morgan fingerprint density at radius 1 is 0.967 bits per heavy atom. The number of benzene rings is 2. The lowest BCUT2D eigenvalue weighted by atomic mass is 10.1. The van der Waals surface area contributed by atoms with Gasteiger partial charge in [-0.25, -0.2) is 4.98 Å². The van der Waals surface area contributed by atoms with Gasteiger partial charge in [-0.15, -0.1) is 0 Å². The Labute approximate surface area is 173 Å². The number of methoxy groups -OCH3 is 1. The monoisotopic (exact) mass is 400 g/mol. The third kappa shape index (κ3) is 4.00. The average molecular weight is 400 g/mol. The van der Waals surface area contributed by atoms with E-state index in [1.807, 2.05) is 42.5 Å². The van der Waals surface area contributed by atoms with Gasteiger partial charge < -0.3 is 20.4 Å². The molecule has 4 rings (SSSR count). The summed E-state index contributed by atoms with van der Waals surface area (Å²) in [6.45, 7) is 1.47. The molecule has 0 aliphatic carbocycles. The van der Waals surface area contributed by atoms with Gasteiger partial charge in [0.25, 0.3) is 5.91 Å². The fourth-order valence-corrected chi connectivity index (χ4v) is 3.24. The lowest BCUT2D eigenvalue weighted by molar-refractivity contribution is -0.114. The molecule has 0 saturated carbocycles. The summed E-state index contributed by atoms with van der Waals surface area (Å²) in [5, 5.41) is 6.49. The van der Waals surface area contributed by atoms with Gasteiger partial charge in [-0.05, 0) is 36.4 Å². The Hall–Kier alpha value is -4.13. The second kappa shape index (κ2) is 8.08. The van der Waals surface area contributed by atoms with Gasteiger partial charge in [0.2, 0.25) is 5.91 Å². The number of H-pyrrole nitrogens is 1. The minimum Gasteiger partial charge on any atom is -0.496 e. The van der Waals surface area contributed by atoms with Gasteiger partial charge in [0.1, 0.15) is 11.4 Å². The highest BCUT2D eigenvalue weighted by atomic mass is 16.5. The number of rotatable bonds is 5. The van der Waals surface area contributed by atoms with E-state index in [1.54, 1.807) is 24.4 Å². The number of pyridine rings is 1. The highest BCUT2D eigenvalue weighted by Gasteiger charge is 2.13. The van der Waals surface area contributed by atoms with Crippen LogP contribution in [0.15, 0.2) is 66.9 Å². The molecular formula is C23H20N4O3. The zero-order chi connectivity index (χ0) is 21.1. The number of nitrogens with one attached hydrogen (secondary N) is 3. The number of aromatic amines is 1. The van der Waals surface area contributed by atoms with E-state index in [1.165, 1.54) is 14.0 Å². The summed E-state index contributed by atoms with van der Waals surface area (Å²) in [6.07, 6.45) is 1.60. The molecule has 2 aromatic carbocycles. The molecule has 0 bridgehead atoms. The second-order valence-corrected chi connectivity index (χ2v) is 6.76. The second-order valence-electron chi connectivity index (χ2n) is 6.76. The number of hydrogen-bond acceptors (Lipinski definition) is 4. The topological polar surface area (TPSA) is 96.1 Å². The van der Waals surface area contributed by atoms with Crippen LogP contribution in [0.3, 0.4) is 0 Å². The van der Waals surface area contributed by atoms with Crippen LogP contribution in [0.5, 0.6) is 5.75 Å². The molecule has 0 fully saturated rings. The van der Waals surface area contributed by atoms with Gasteiger partial charge >= 0.3 is 0 Å². The number of nitrogens with zero attached hydrogens (tertiary/aromatic N) is 1. The van der Waals surface area contributed by atoms with Crippen molar-refractivity contribution >= 4 is 34.2 Å². The normalized spacial score (nSPS) is 10.6. The summed E-state index contributed by atoms with van der Waals surface area (Å²) < 4.78 is 5.25. The van der Waals surface area contributed by atoms with Crippen LogP contribution in [-0.4, -0.2) is 28.9 Å². The molecule has 3 N–H and O–H groups in total. The SMILES string of the molecule is COc1ccccc1C(=O)Nc1cnc2[nH]c(-c3cccc(NC(C)=O)c3)cc2c1. The first-order valence-corrected chi connectivity index (χ1v) is 9.34. The first-order valence-electron chi connectivity index (χ1n) is 9.34. The van der Waals surface area contributed by atoms with Crippen molar-refractivity contribution in [2.75, 3.05) is 17.7 Å². The predicted molar refractivity (Wildman–Crippen MR) is 117 cm³/mol. The number of para-hydroxylation sites is 1. The van der Waals surface area contributed by atoms with E-state index >= 15 is 0 Å². The molecule has 0 spiro atoms. The molecule has 7 heteroatoms. The third-order valence-electron chi connectivity index (χ3n) is 4.57. The van der Waals surface area contributed by atoms with Gasteiger partial charge in [-0.2, -0.15) is 0 Å². The van der Waals surface area contributed by atoms with Crippen LogP contribution >= 0.6 is 0 Å². The first-order chi connectivity index (χ1) is 14.5. The number of hydrogen-bond donors (Lipinski definition) is 3. The average Bonchev–Trinajstić information content (AvgIpc) is 3.17. The van der Waals surface area contributed by atoms with E-state index in [2.05, 4.69) is 20.6 Å². The van der Waals surface area contributed by atoms with Gasteiger partial charge in [-0.3, -0.25) is 9.59 Å². The van der Waals surface area contributed by atoms with Crippen molar-refractivity contribution in [3.8, 4) is 17.0 Å². The molecule has 2 amide bonds. The Morgan fingerprint density at radius 3 is 2.60 bits per heavy atom. The van der Waals surface area contributed by atoms with Gasteiger partial charge in [0, 0.05) is 29.3 Å². The molecule has 2 heterocycles. The lowest BCUT2D eigenvalue weighted by Crippen LogP contribution is -2.13. The van der Waals surface area contributed by atoms with Crippen LogP contribution in [0, 0.1) is 0 Å². The fourth-order valence-electron chi connectivity index (χ4n) is 3.24. The molecule has 0 radical (unpaired) electrons. The van der Waals surface area contributed by atoms with Crippen LogP contribution < -0.4 is 15.4 Å². The highest BCUT2D eigenvalue weighted by Crippen LogP contribution is 2.27. The maximum absolute atomic E-state index is 12.6. The zero-order valence-electron chi connectivity index (χ0n) is 16.5. The Bertz CT molecular complexity index is 1250. The fraction of sp³-hybridized carbons (Fsp3) is 0.0870. The molecule has 0 saturated heterocycles. The summed E-state index contributed by atoms with van der Waals surface area (Å²) in [4.78, 5) is 31.6. The summed E-state index contributed by atoms with van der Waals surface area (Å²) >= 11 is 0. The largest absolute Gasteiger partial charge is 0.496 e. The standard InChI is InChI=1S/C23H20N4O3/c1-14(28)25-17-7-5-6-15(10-17)20-12-16-11-18(13-24-22(16)27-20)26-23(29)19-8-3-4-9-21(19)30-2/h3-13H,1-2H3,(H,24,27)(H,25,28)(H,26,29). The minimum absolute atomic E-state index is 0.124. The minimum atomic E-state index is -0.271.